The van der Waals surface area contributed by atoms with Crippen LogP contribution in [0.15, 0.2) is 12.1 Å². The zero-order chi connectivity index (χ0) is 30.2. The van der Waals surface area contributed by atoms with Gasteiger partial charge in [0.05, 0.1) is 25.6 Å². The highest BCUT2D eigenvalue weighted by Crippen LogP contribution is 2.39. The number of aromatic nitrogens is 4. The molecular weight excluding hydrogens is 562 g/mol. The summed E-state index contributed by atoms with van der Waals surface area (Å²) < 4.78 is 45.6. The van der Waals surface area contributed by atoms with Crippen molar-refractivity contribution in [3.8, 4) is 5.88 Å². The van der Waals surface area contributed by atoms with E-state index in [1.54, 1.807) is 51.1 Å². The van der Waals surface area contributed by atoms with E-state index >= 15 is 0 Å². The number of sulfonamides is 1. The molecule has 5 rings (SSSR count). The molecule has 0 amide bonds. The Balaban J connectivity index is 1.38. The summed E-state index contributed by atoms with van der Waals surface area (Å²) in [4.78, 5) is 24.2. The number of anilines is 3. The Morgan fingerprint density at radius 1 is 1.14 bits per heavy atom. The topological polar surface area (TPSA) is 141 Å². The van der Waals surface area contributed by atoms with Crippen molar-refractivity contribution in [1.29, 1.82) is 0 Å². The average molecular weight is 606 g/mol. The molecule has 3 aliphatic rings. The van der Waals surface area contributed by atoms with Crippen LogP contribution < -0.4 is 15.0 Å². The van der Waals surface area contributed by atoms with Crippen molar-refractivity contribution in [2.45, 2.75) is 90.4 Å². The molecule has 3 fully saturated rings. The molecule has 2 aromatic heterocycles. The van der Waals surface area contributed by atoms with Gasteiger partial charge in [-0.1, -0.05) is 6.42 Å². The van der Waals surface area contributed by atoms with E-state index in [2.05, 4.69) is 10.4 Å². The Bertz CT molecular complexity index is 1370. The molecular formula is C28H43N7O6S. The van der Waals surface area contributed by atoms with Crippen LogP contribution in [0.2, 0.25) is 0 Å². The summed E-state index contributed by atoms with van der Waals surface area (Å²) in [6, 6.07) is 3.48. The van der Waals surface area contributed by atoms with Gasteiger partial charge in [0.2, 0.25) is 21.9 Å². The molecule has 0 radical (unpaired) electrons. The highest BCUT2D eigenvalue weighted by Gasteiger charge is 2.45. The minimum Gasteiger partial charge on any atom is -0.477 e. The van der Waals surface area contributed by atoms with Crippen LogP contribution in [0.4, 0.5) is 22.4 Å². The first-order chi connectivity index (χ1) is 19.8. The van der Waals surface area contributed by atoms with Crippen LogP contribution in [0, 0.1) is 12.8 Å². The number of carbonyl (C=O) groups excluding carboxylic acids is 1. The molecule has 3 atom stereocenters. The monoisotopic (exact) mass is 605 g/mol. The molecule has 0 unspecified atom stereocenters. The summed E-state index contributed by atoms with van der Waals surface area (Å²) in [6.07, 6.45) is 3.62. The molecule has 3 aliphatic heterocycles. The van der Waals surface area contributed by atoms with E-state index in [4.69, 9.17) is 24.2 Å². The van der Waals surface area contributed by atoms with Gasteiger partial charge in [-0.05, 0) is 60.3 Å². The molecule has 13 nitrogen and oxygen atoms in total. The van der Waals surface area contributed by atoms with E-state index < -0.39 is 21.7 Å². The number of nitrogens with one attached hydrogen (secondary N) is 1. The lowest BCUT2D eigenvalue weighted by atomic mass is 9.83. The van der Waals surface area contributed by atoms with E-state index in [0.717, 1.165) is 19.3 Å². The first-order valence-electron chi connectivity index (χ1n) is 14.7. The number of ether oxygens (including phenoxy) is 3. The van der Waals surface area contributed by atoms with Crippen molar-refractivity contribution in [3.63, 3.8) is 0 Å². The predicted octanol–water partition coefficient (Wildman–Crippen LogP) is 3.70. The van der Waals surface area contributed by atoms with Crippen LogP contribution >= 0.6 is 0 Å². The van der Waals surface area contributed by atoms with Gasteiger partial charge in [-0.15, -0.1) is 5.10 Å². The smallest absolute Gasteiger partial charge is 0.435 e. The molecule has 1 N–H and O–H groups in total. The second kappa shape index (κ2) is 12.0. The maximum atomic E-state index is 12.9. The van der Waals surface area contributed by atoms with Crippen LogP contribution in [0.1, 0.15) is 65.5 Å². The highest BCUT2D eigenvalue weighted by atomic mass is 32.2. The summed E-state index contributed by atoms with van der Waals surface area (Å²) >= 11 is 0. The van der Waals surface area contributed by atoms with E-state index in [9.17, 15) is 13.2 Å². The molecule has 0 aromatic carbocycles. The van der Waals surface area contributed by atoms with Gasteiger partial charge in [-0.25, -0.2) is 13.2 Å². The van der Waals surface area contributed by atoms with Gasteiger partial charge in [0.1, 0.15) is 11.4 Å². The number of piperidine rings is 2. The lowest BCUT2D eigenvalue weighted by molar-refractivity contribution is -0.0514. The minimum atomic E-state index is -3.27. The molecule has 0 saturated carbocycles. The lowest BCUT2D eigenvalue weighted by Crippen LogP contribution is -2.58. The molecule has 2 bridgehead atoms. The number of hydrogen-bond acceptors (Lipinski definition) is 11. The van der Waals surface area contributed by atoms with Gasteiger partial charge in [0, 0.05) is 48.9 Å². The van der Waals surface area contributed by atoms with Crippen LogP contribution in [-0.4, -0.2) is 94.9 Å². The zero-order valence-corrected chi connectivity index (χ0v) is 26.2. The number of fused-ring (bicyclic) bond motifs is 2. The van der Waals surface area contributed by atoms with Gasteiger partial charge >= 0.3 is 6.09 Å². The third-order valence-electron chi connectivity index (χ3n) is 8.01. The summed E-state index contributed by atoms with van der Waals surface area (Å²) in [5.41, 5.74) is -0.0395. The van der Waals surface area contributed by atoms with Crippen molar-refractivity contribution < 1.29 is 27.4 Å². The number of aryl methyl sites for hydroxylation is 1. The minimum absolute atomic E-state index is 0.0228. The number of carbonyl (C=O) groups is 1. The van der Waals surface area contributed by atoms with E-state index in [-0.39, 0.29) is 23.9 Å². The van der Waals surface area contributed by atoms with Gasteiger partial charge < -0.3 is 24.4 Å². The summed E-state index contributed by atoms with van der Waals surface area (Å²) in [5, 5.41) is 7.60. The van der Waals surface area contributed by atoms with Crippen molar-refractivity contribution in [3.05, 3.63) is 17.8 Å². The Morgan fingerprint density at radius 2 is 1.83 bits per heavy atom. The molecule has 14 heteroatoms. The maximum Gasteiger partial charge on any atom is 0.435 e. The molecule has 232 valence electrons. The normalized spacial score (nSPS) is 23.2. The Morgan fingerprint density at radius 3 is 2.43 bits per heavy atom. The van der Waals surface area contributed by atoms with E-state index in [1.165, 1.54) is 4.68 Å². The predicted molar refractivity (Wildman–Crippen MR) is 158 cm³/mol. The summed E-state index contributed by atoms with van der Waals surface area (Å²) in [5.74, 6) is 2.21. The van der Waals surface area contributed by atoms with Gasteiger partial charge in [-0.2, -0.15) is 19.0 Å². The van der Waals surface area contributed by atoms with Crippen LogP contribution in [-0.2, 0) is 19.5 Å². The fourth-order valence-electron chi connectivity index (χ4n) is 5.84. The lowest BCUT2D eigenvalue weighted by Gasteiger charge is -2.49. The van der Waals surface area contributed by atoms with Crippen molar-refractivity contribution in [1.82, 2.24) is 24.1 Å². The summed E-state index contributed by atoms with van der Waals surface area (Å²) in [7, 11) is -1.32. The quantitative estimate of drug-likeness (QED) is 0.447. The molecule has 3 saturated heterocycles. The third-order valence-corrected chi connectivity index (χ3v) is 9.98. The Hall–Kier alpha value is -2.97. The maximum absolute atomic E-state index is 12.9. The van der Waals surface area contributed by atoms with Gasteiger partial charge in [0.25, 0.3) is 0 Å². The molecule has 2 aromatic rings. The second-order valence-electron chi connectivity index (χ2n) is 12.5. The molecule has 0 aliphatic carbocycles. The van der Waals surface area contributed by atoms with E-state index in [0.29, 0.717) is 67.7 Å². The van der Waals surface area contributed by atoms with Crippen LogP contribution in [0.5, 0.6) is 5.88 Å². The zero-order valence-electron chi connectivity index (χ0n) is 25.4. The largest absolute Gasteiger partial charge is 0.477 e. The Labute approximate surface area is 248 Å². The van der Waals surface area contributed by atoms with Gasteiger partial charge in [0.15, 0.2) is 5.82 Å². The molecule has 0 spiro atoms. The first-order valence-corrected chi connectivity index (χ1v) is 16.3. The molecule has 5 heterocycles. The number of rotatable bonds is 9. The second-order valence-corrected chi connectivity index (χ2v) is 14.7. The van der Waals surface area contributed by atoms with Crippen molar-refractivity contribution in [2.75, 3.05) is 42.8 Å². The van der Waals surface area contributed by atoms with Crippen LogP contribution in [0.3, 0.4) is 0 Å². The summed E-state index contributed by atoms with van der Waals surface area (Å²) in [6.45, 7) is 10.7. The molecule has 42 heavy (non-hydrogen) atoms. The number of hydrogen-bond donors (Lipinski definition) is 1. The number of nitrogens with zero attached hydrogens (tertiary/aromatic N) is 6. The van der Waals surface area contributed by atoms with E-state index in [1.807, 2.05) is 11.9 Å². The third kappa shape index (κ3) is 6.81. The standard InChI is InChI=1S/C28H43N7O6S/c1-7-42(37,38)35-20-9-8-10-21(35)13-22(12-20)33(6)26-30-23(14-25(31-26)40-17-19-15-39-16-19)29-24-11-18(2)34(32-24)27(36)41-28(3,4)5/h11,14,19-22H,7-10,12-13,15-17H2,1-6H3,(H,29,30,31,32)/t20-,21+,22-. The highest BCUT2D eigenvalue weighted by molar-refractivity contribution is 7.89. The van der Waals surface area contributed by atoms with Crippen LogP contribution in [0.25, 0.3) is 0 Å². The first kappa shape index (κ1) is 30.5. The van der Waals surface area contributed by atoms with Gasteiger partial charge in [-0.3, -0.25) is 0 Å². The fraction of sp³-hybridized carbons (Fsp3) is 0.714. The van der Waals surface area contributed by atoms with Crippen molar-refractivity contribution in [2.24, 2.45) is 5.92 Å². The SMILES string of the molecule is CCS(=O)(=O)N1[C@@H]2CCC[C@H]1C[C@H](N(C)c1nc(Nc3cc(C)n(C(=O)OC(C)(C)C)n3)cc(OCC3COC3)n1)C2. The van der Waals surface area contributed by atoms with Crippen molar-refractivity contribution >= 4 is 33.7 Å². The average Bonchev–Trinajstić information content (AvgIpc) is 3.25. The Kier molecular flexibility index (Phi) is 8.68. The fourth-order valence-corrected chi connectivity index (χ4v) is 7.43.